The summed E-state index contributed by atoms with van der Waals surface area (Å²) in [6.07, 6.45) is 30.7. The Labute approximate surface area is 331 Å². The third kappa shape index (κ3) is 23.3. The number of ether oxygens (including phenoxy) is 3. The minimum absolute atomic E-state index is 0.0346. The maximum Gasteiger partial charge on any atom is 0.472 e. The third-order valence-corrected chi connectivity index (χ3v) is 10.6. The number of carbonyl (C=O) groups excluding carboxylic acids is 2. The second-order valence-corrected chi connectivity index (χ2v) is 15.9. The van der Waals surface area contributed by atoms with Gasteiger partial charge in [-0.25, -0.2) is 4.57 Å². The van der Waals surface area contributed by atoms with Crippen LogP contribution in [0.5, 0.6) is 0 Å². The number of hydrogen-bond donors (Lipinski definition) is 2. The summed E-state index contributed by atoms with van der Waals surface area (Å²) in [6.45, 7) is 7.76. The molecule has 1 aromatic heterocycles. The number of allylic oxidation sites excluding steroid dienone is 4. The van der Waals surface area contributed by atoms with E-state index in [0.29, 0.717) is 25.0 Å². The van der Waals surface area contributed by atoms with Crippen LogP contribution in [-0.2, 0) is 50.3 Å². The SMILES string of the molecule is CCCCC/C=C\CC1OC1C/C=C\C/C=C\CCCC(=O)OC[C@H](COP(=O)(O)OCCN)OC(=O)CCCCCCCCc1oc(CCC)c(C)c1C. The molecule has 1 aromatic rings. The first kappa shape index (κ1) is 48.6. The quantitative estimate of drug-likeness (QED) is 0.0225. The highest BCUT2D eigenvalue weighted by Crippen LogP contribution is 2.43. The minimum Gasteiger partial charge on any atom is -0.466 e. The number of rotatable bonds is 34. The standard InChI is InChI=1S/C43H72NO10P/c1-5-7-8-9-15-21-27-40-41(54-40)28-22-17-11-10-12-18-23-29-42(45)49-33-37(34-51-55(47,48)50-32-31-44)52-43(46)30-24-19-14-13-16-20-26-39-36(4)35(3)38(53-39)25-6-2/h10,12,15,17,21-22,37,40-41H,5-9,11,13-14,16,18-20,23-34,44H2,1-4H3,(H,47,48)/b12-10-,21-15-,22-17-/t37-,40?,41?/m1/s1. The van der Waals surface area contributed by atoms with Crippen molar-refractivity contribution in [1.82, 2.24) is 0 Å². The average Bonchev–Trinajstić information content (AvgIpc) is 3.86. The molecule has 2 heterocycles. The Balaban J connectivity index is 1.61. The van der Waals surface area contributed by atoms with Gasteiger partial charge in [0.1, 0.15) is 18.1 Å². The average molecular weight is 794 g/mol. The van der Waals surface area contributed by atoms with Gasteiger partial charge in [0.15, 0.2) is 6.10 Å². The number of carbonyl (C=O) groups is 2. The van der Waals surface area contributed by atoms with Crippen molar-refractivity contribution in [3.8, 4) is 0 Å². The molecule has 0 aromatic carbocycles. The Morgan fingerprint density at radius 1 is 0.745 bits per heavy atom. The molecular formula is C43H72NO10P. The Bertz CT molecular complexity index is 1340. The number of epoxide rings is 1. The van der Waals surface area contributed by atoms with Gasteiger partial charge in [-0.2, -0.15) is 0 Å². The van der Waals surface area contributed by atoms with Crippen molar-refractivity contribution in [3.63, 3.8) is 0 Å². The molecule has 1 fully saturated rings. The van der Waals surface area contributed by atoms with Gasteiger partial charge in [0.05, 0.1) is 25.4 Å². The van der Waals surface area contributed by atoms with E-state index in [1.807, 2.05) is 6.08 Å². The Hall–Kier alpha value is -2.53. The normalized spacial score (nSPS) is 17.3. The molecule has 2 rings (SSSR count). The van der Waals surface area contributed by atoms with Crippen LogP contribution in [0.2, 0.25) is 0 Å². The Morgan fingerprint density at radius 2 is 1.36 bits per heavy atom. The van der Waals surface area contributed by atoms with Crippen molar-refractivity contribution < 1.29 is 46.7 Å². The van der Waals surface area contributed by atoms with Crippen molar-refractivity contribution in [2.75, 3.05) is 26.4 Å². The molecule has 0 radical (unpaired) electrons. The lowest BCUT2D eigenvalue weighted by Gasteiger charge is -2.19. The lowest BCUT2D eigenvalue weighted by molar-refractivity contribution is -0.161. The molecule has 3 N–H and O–H groups in total. The molecule has 1 aliphatic rings. The first-order valence-electron chi connectivity index (χ1n) is 20.9. The van der Waals surface area contributed by atoms with E-state index in [1.54, 1.807) is 0 Å². The fraction of sp³-hybridized carbons (Fsp3) is 0.721. The monoisotopic (exact) mass is 793 g/mol. The summed E-state index contributed by atoms with van der Waals surface area (Å²) in [5.41, 5.74) is 7.90. The van der Waals surface area contributed by atoms with Crippen molar-refractivity contribution >= 4 is 19.8 Å². The summed E-state index contributed by atoms with van der Waals surface area (Å²) < 4.78 is 44.6. The van der Waals surface area contributed by atoms with Gasteiger partial charge in [0.2, 0.25) is 0 Å². The van der Waals surface area contributed by atoms with Gasteiger partial charge in [-0.3, -0.25) is 18.6 Å². The summed E-state index contributed by atoms with van der Waals surface area (Å²) >= 11 is 0. The Morgan fingerprint density at radius 3 is 2.07 bits per heavy atom. The number of aryl methyl sites for hydroxylation is 2. The zero-order chi connectivity index (χ0) is 40.2. The Kier molecular flexibility index (Phi) is 26.2. The van der Waals surface area contributed by atoms with Gasteiger partial charge < -0.3 is 29.3 Å². The second kappa shape index (κ2) is 29.7. The fourth-order valence-corrected chi connectivity index (χ4v) is 6.89. The molecule has 3 unspecified atom stereocenters. The third-order valence-electron chi connectivity index (χ3n) is 9.60. The number of hydrogen-bond acceptors (Lipinski definition) is 10. The van der Waals surface area contributed by atoms with Crippen LogP contribution < -0.4 is 5.73 Å². The minimum atomic E-state index is -4.41. The molecule has 55 heavy (non-hydrogen) atoms. The van der Waals surface area contributed by atoms with Gasteiger partial charge in [0, 0.05) is 32.2 Å². The van der Waals surface area contributed by atoms with Crippen LogP contribution in [0.3, 0.4) is 0 Å². The van der Waals surface area contributed by atoms with Crippen LogP contribution in [0.15, 0.2) is 40.9 Å². The molecule has 12 heteroatoms. The number of unbranched alkanes of at least 4 members (excludes halogenated alkanes) is 9. The first-order chi connectivity index (χ1) is 26.6. The highest BCUT2D eigenvalue weighted by atomic mass is 31.2. The van der Waals surface area contributed by atoms with Gasteiger partial charge in [0.25, 0.3) is 0 Å². The number of furan rings is 1. The predicted octanol–water partition coefficient (Wildman–Crippen LogP) is 10.0. The van der Waals surface area contributed by atoms with E-state index in [4.69, 9.17) is 33.4 Å². The van der Waals surface area contributed by atoms with E-state index < -0.39 is 32.5 Å². The van der Waals surface area contributed by atoms with Crippen LogP contribution in [-0.4, -0.2) is 61.5 Å². The van der Waals surface area contributed by atoms with E-state index in [1.165, 1.54) is 30.4 Å². The van der Waals surface area contributed by atoms with Gasteiger partial charge >= 0.3 is 19.8 Å². The molecule has 0 saturated carbocycles. The van der Waals surface area contributed by atoms with Crippen LogP contribution in [0.1, 0.15) is 152 Å². The number of phosphoric acid groups is 1. The highest BCUT2D eigenvalue weighted by Gasteiger charge is 2.36. The zero-order valence-corrected chi connectivity index (χ0v) is 35.2. The van der Waals surface area contributed by atoms with E-state index in [0.717, 1.165) is 95.0 Å². The van der Waals surface area contributed by atoms with Crippen LogP contribution in [0, 0.1) is 13.8 Å². The fourth-order valence-electron chi connectivity index (χ4n) is 6.13. The number of esters is 2. The number of nitrogens with two attached hydrogens (primary N) is 1. The highest BCUT2D eigenvalue weighted by molar-refractivity contribution is 7.47. The molecule has 0 bridgehead atoms. The summed E-state index contributed by atoms with van der Waals surface area (Å²) in [5.74, 6) is 1.28. The first-order valence-corrected chi connectivity index (χ1v) is 22.4. The summed E-state index contributed by atoms with van der Waals surface area (Å²) in [6, 6.07) is 0. The van der Waals surface area contributed by atoms with Crippen LogP contribution >= 0.6 is 7.82 Å². The molecule has 0 amide bonds. The summed E-state index contributed by atoms with van der Waals surface area (Å²) in [7, 11) is -4.41. The molecule has 1 aliphatic heterocycles. The molecule has 0 aliphatic carbocycles. The summed E-state index contributed by atoms with van der Waals surface area (Å²) in [5, 5.41) is 0. The van der Waals surface area contributed by atoms with E-state index >= 15 is 0 Å². The largest absolute Gasteiger partial charge is 0.472 e. The topological polar surface area (TPSA) is 160 Å². The maximum atomic E-state index is 12.6. The lowest BCUT2D eigenvalue weighted by Crippen LogP contribution is -2.29. The van der Waals surface area contributed by atoms with Gasteiger partial charge in [-0.15, -0.1) is 0 Å². The molecular weight excluding hydrogens is 721 g/mol. The summed E-state index contributed by atoms with van der Waals surface area (Å²) in [4.78, 5) is 34.9. The zero-order valence-electron chi connectivity index (χ0n) is 34.3. The van der Waals surface area contributed by atoms with E-state index in [9.17, 15) is 19.0 Å². The van der Waals surface area contributed by atoms with Gasteiger partial charge in [-0.1, -0.05) is 88.8 Å². The van der Waals surface area contributed by atoms with Crippen LogP contribution in [0.25, 0.3) is 0 Å². The van der Waals surface area contributed by atoms with Gasteiger partial charge in [-0.05, 0) is 89.2 Å². The van der Waals surface area contributed by atoms with Crippen molar-refractivity contribution in [1.29, 1.82) is 0 Å². The van der Waals surface area contributed by atoms with Crippen molar-refractivity contribution in [2.24, 2.45) is 5.73 Å². The molecule has 1 saturated heterocycles. The number of phosphoric ester groups is 1. The predicted molar refractivity (Wildman–Crippen MR) is 218 cm³/mol. The molecule has 11 nitrogen and oxygen atoms in total. The van der Waals surface area contributed by atoms with E-state index in [2.05, 4.69) is 58.1 Å². The lowest BCUT2D eigenvalue weighted by atomic mass is 10.0. The smallest absolute Gasteiger partial charge is 0.466 e. The van der Waals surface area contributed by atoms with Crippen molar-refractivity contribution in [2.45, 2.75) is 174 Å². The maximum absolute atomic E-state index is 12.6. The van der Waals surface area contributed by atoms with E-state index in [-0.39, 0.29) is 32.6 Å². The second-order valence-electron chi connectivity index (χ2n) is 14.5. The molecule has 314 valence electrons. The van der Waals surface area contributed by atoms with Crippen molar-refractivity contribution in [3.05, 3.63) is 59.1 Å². The molecule has 0 spiro atoms. The van der Waals surface area contributed by atoms with Crippen LogP contribution in [0.4, 0.5) is 0 Å². The molecule has 4 atom stereocenters.